The van der Waals surface area contributed by atoms with Crippen molar-refractivity contribution in [1.82, 2.24) is 10.3 Å². The third-order valence-electron chi connectivity index (χ3n) is 2.47. The minimum Gasteiger partial charge on any atom is -0.309 e. The summed E-state index contributed by atoms with van der Waals surface area (Å²) in [6.07, 6.45) is 1.01. The van der Waals surface area contributed by atoms with Gasteiger partial charge in [0.1, 0.15) is 0 Å². The van der Waals surface area contributed by atoms with Crippen LogP contribution < -0.4 is 5.32 Å². The van der Waals surface area contributed by atoms with Gasteiger partial charge in [-0.25, -0.2) is 4.98 Å². The lowest BCUT2D eigenvalue weighted by Gasteiger charge is -2.10. The Morgan fingerprint density at radius 1 is 1.41 bits per heavy atom. The summed E-state index contributed by atoms with van der Waals surface area (Å²) in [6, 6.07) is 2.59. The van der Waals surface area contributed by atoms with Gasteiger partial charge in [-0.15, -0.1) is 22.7 Å². The highest BCUT2D eigenvalue weighted by Gasteiger charge is 2.07. The first-order chi connectivity index (χ1) is 8.15. The van der Waals surface area contributed by atoms with Crippen LogP contribution in [0.4, 0.5) is 0 Å². The number of thiazole rings is 1. The second-order valence-corrected chi connectivity index (χ2v) is 6.78. The maximum Gasteiger partial charge on any atom is 0.0940 e. The third-order valence-corrected chi connectivity index (χ3v) is 5.37. The van der Waals surface area contributed by atoms with Gasteiger partial charge in [-0.3, -0.25) is 0 Å². The smallest absolute Gasteiger partial charge is 0.0940 e. The van der Waals surface area contributed by atoms with E-state index in [-0.39, 0.29) is 0 Å². The molecule has 1 N–H and O–H groups in total. The summed E-state index contributed by atoms with van der Waals surface area (Å²) in [4.78, 5) is 5.83. The molecular weight excluding hydrogens is 316 g/mol. The van der Waals surface area contributed by atoms with Crippen LogP contribution in [0.5, 0.6) is 0 Å². The van der Waals surface area contributed by atoms with Gasteiger partial charge in [0, 0.05) is 44.8 Å². The molecular formula is C12H15BrN2S2. The summed E-state index contributed by atoms with van der Waals surface area (Å²) in [7, 11) is 0. The Morgan fingerprint density at radius 2 is 2.24 bits per heavy atom. The van der Waals surface area contributed by atoms with Crippen molar-refractivity contribution in [2.24, 2.45) is 0 Å². The average Bonchev–Trinajstić information content (AvgIpc) is 2.88. The van der Waals surface area contributed by atoms with Gasteiger partial charge in [-0.05, 0) is 35.8 Å². The van der Waals surface area contributed by atoms with Crippen molar-refractivity contribution < 1.29 is 0 Å². The molecule has 0 amide bonds. The number of aromatic nitrogens is 1. The SMILES string of the molecule is Cc1csc(CCNC(C)c2cc(Br)cs2)n1. The van der Waals surface area contributed by atoms with Gasteiger partial charge in [0.25, 0.3) is 0 Å². The van der Waals surface area contributed by atoms with E-state index < -0.39 is 0 Å². The number of thiophene rings is 1. The summed E-state index contributed by atoms with van der Waals surface area (Å²) in [6.45, 7) is 5.22. The maximum atomic E-state index is 4.46. The molecule has 0 fully saturated rings. The van der Waals surface area contributed by atoms with Crippen LogP contribution in [0.25, 0.3) is 0 Å². The number of rotatable bonds is 5. The molecule has 0 aliphatic rings. The number of hydrogen-bond donors (Lipinski definition) is 1. The largest absolute Gasteiger partial charge is 0.309 e. The fourth-order valence-electron chi connectivity index (χ4n) is 1.57. The molecule has 2 aromatic rings. The van der Waals surface area contributed by atoms with E-state index in [9.17, 15) is 0 Å². The predicted octanol–water partition coefficient (Wildman–Crippen LogP) is 4.17. The van der Waals surface area contributed by atoms with Gasteiger partial charge in [-0.2, -0.15) is 0 Å². The molecule has 2 aromatic heterocycles. The van der Waals surface area contributed by atoms with Crippen LogP contribution in [0.3, 0.4) is 0 Å². The molecule has 0 bridgehead atoms. The number of aryl methyl sites for hydroxylation is 1. The van der Waals surface area contributed by atoms with Crippen LogP contribution in [0.2, 0.25) is 0 Å². The zero-order valence-electron chi connectivity index (χ0n) is 9.87. The Bertz CT molecular complexity index is 478. The molecule has 0 aromatic carbocycles. The lowest BCUT2D eigenvalue weighted by molar-refractivity contribution is 0.584. The molecule has 92 valence electrons. The number of nitrogens with zero attached hydrogens (tertiary/aromatic N) is 1. The highest BCUT2D eigenvalue weighted by Crippen LogP contribution is 2.25. The summed E-state index contributed by atoms with van der Waals surface area (Å²) >= 11 is 7.01. The van der Waals surface area contributed by atoms with Crippen molar-refractivity contribution in [3.8, 4) is 0 Å². The molecule has 2 nitrogen and oxygen atoms in total. The van der Waals surface area contributed by atoms with Gasteiger partial charge in [0.05, 0.1) is 5.01 Å². The van der Waals surface area contributed by atoms with Crippen LogP contribution in [0, 0.1) is 6.92 Å². The number of halogens is 1. The zero-order valence-corrected chi connectivity index (χ0v) is 13.1. The molecule has 17 heavy (non-hydrogen) atoms. The van der Waals surface area contributed by atoms with E-state index in [1.807, 2.05) is 6.92 Å². The van der Waals surface area contributed by atoms with Crippen LogP contribution in [-0.2, 0) is 6.42 Å². The quantitative estimate of drug-likeness (QED) is 0.889. The molecule has 0 radical (unpaired) electrons. The van der Waals surface area contributed by atoms with E-state index in [1.165, 1.54) is 14.4 Å². The Kier molecular flexibility index (Phi) is 4.73. The Morgan fingerprint density at radius 3 is 2.82 bits per heavy atom. The highest BCUT2D eigenvalue weighted by atomic mass is 79.9. The predicted molar refractivity (Wildman–Crippen MR) is 79.0 cm³/mol. The molecule has 2 rings (SSSR count). The Balaban J connectivity index is 1.78. The second kappa shape index (κ2) is 6.09. The van der Waals surface area contributed by atoms with Gasteiger partial charge in [0.2, 0.25) is 0 Å². The first-order valence-corrected chi connectivity index (χ1v) is 8.08. The van der Waals surface area contributed by atoms with Crippen molar-refractivity contribution in [3.63, 3.8) is 0 Å². The molecule has 1 atom stereocenters. The number of hydrogen-bond acceptors (Lipinski definition) is 4. The van der Waals surface area contributed by atoms with Crippen molar-refractivity contribution in [2.75, 3.05) is 6.54 Å². The molecule has 5 heteroatoms. The van der Waals surface area contributed by atoms with Crippen LogP contribution in [-0.4, -0.2) is 11.5 Å². The normalized spacial score (nSPS) is 12.9. The first kappa shape index (κ1) is 13.2. The summed E-state index contributed by atoms with van der Waals surface area (Å²) < 4.78 is 1.17. The second-order valence-electron chi connectivity index (χ2n) is 3.98. The standard InChI is InChI=1S/C12H15BrN2S2/c1-8-6-17-12(15-8)3-4-14-9(2)11-5-10(13)7-16-11/h5-7,9,14H,3-4H2,1-2H3. The van der Waals surface area contributed by atoms with Crippen molar-refractivity contribution in [2.45, 2.75) is 26.3 Å². The highest BCUT2D eigenvalue weighted by molar-refractivity contribution is 9.10. The summed E-state index contributed by atoms with van der Waals surface area (Å²) in [5.41, 5.74) is 1.13. The molecule has 0 saturated carbocycles. The van der Waals surface area contributed by atoms with Gasteiger partial charge in [-0.1, -0.05) is 0 Å². The monoisotopic (exact) mass is 330 g/mol. The van der Waals surface area contributed by atoms with Gasteiger partial charge >= 0.3 is 0 Å². The van der Waals surface area contributed by atoms with Crippen LogP contribution in [0.15, 0.2) is 21.3 Å². The number of nitrogens with one attached hydrogen (secondary N) is 1. The van der Waals surface area contributed by atoms with E-state index in [0.717, 1.165) is 18.7 Å². The minimum atomic E-state index is 0.410. The Labute approximate surface area is 118 Å². The van der Waals surface area contributed by atoms with Crippen molar-refractivity contribution >= 4 is 38.6 Å². The molecule has 0 spiro atoms. The summed E-state index contributed by atoms with van der Waals surface area (Å²) in [5.74, 6) is 0. The van der Waals surface area contributed by atoms with Crippen LogP contribution in [0.1, 0.15) is 28.5 Å². The summed E-state index contributed by atoms with van der Waals surface area (Å²) in [5, 5.41) is 8.97. The fraction of sp³-hybridized carbons (Fsp3) is 0.417. The minimum absolute atomic E-state index is 0.410. The topological polar surface area (TPSA) is 24.9 Å². The molecule has 0 saturated heterocycles. The lowest BCUT2D eigenvalue weighted by atomic mass is 10.2. The Hall–Kier alpha value is -0.230. The van der Waals surface area contributed by atoms with Crippen molar-refractivity contribution in [3.05, 3.63) is 36.9 Å². The lowest BCUT2D eigenvalue weighted by Crippen LogP contribution is -2.20. The first-order valence-electron chi connectivity index (χ1n) is 5.53. The van der Waals surface area contributed by atoms with E-state index in [0.29, 0.717) is 6.04 Å². The molecule has 0 aliphatic heterocycles. The van der Waals surface area contributed by atoms with Crippen molar-refractivity contribution in [1.29, 1.82) is 0 Å². The molecule has 0 aliphatic carbocycles. The van der Waals surface area contributed by atoms with Gasteiger partial charge < -0.3 is 5.32 Å². The molecule has 2 heterocycles. The maximum absolute atomic E-state index is 4.46. The third kappa shape index (κ3) is 3.88. The van der Waals surface area contributed by atoms with E-state index in [1.54, 1.807) is 22.7 Å². The van der Waals surface area contributed by atoms with E-state index in [4.69, 9.17) is 0 Å². The fourth-order valence-corrected chi connectivity index (χ4v) is 3.82. The average molecular weight is 331 g/mol. The van der Waals surface area contributed by atoms with E-state index in [2.05, 4.69) is 50.0 Å². The van der Waals surface area contributed by atoms with E-state index >= 15 is 0 Å². The molecule has 1 unspecified atom stereocenters. The van der Waals surface area contributed by atoms with Gasteiger partial charge in [0.15, 0.2) is 0 Å². The van der Waals surface area contributed by atoms with Crippen LogP contribution >= 0.6 is 38.6 Å². The zero-order chi connectivity index (χ0) is 12.3.